The average molecular weight is 437 g/mol. The summed E-state index contributed by atoms with van der Waals surface area (Å²) >= 11 is 0. The smallest absolute Gasteiger partial charge is 0.239 e. The summed E-state index contributed by atoms with van der Waals surface area (Å²) in [6.07, 6.45) is 7.33. The molecule has 1 aromatic carbocycles. The van der Waals surface area contributed by atoms with Crippen LogP contribution in [0.4, 0.5) is 11.4 Å². The molecular weight excluding hydrogens is 404 g/mol. The molecule has 0 bridgehead atoms. The molecule has 0 unspecified atom stereocenters. The second-order valence-electron chi connectivity index (χ2n) is 8.61. The van der Waals surface area contributed by atoms with E-state index in [2.05, 4.69) is 10.0 Å². The average Bonchev–Trinajstić information content (AvgIpc) is 2.66. The van der Waals surface area contributed by atoms with E-state index in [1.54, 1.807) is 24.3 Å². The lowest BCUT2D eigenvalue weighted by molar-refractivity contribution is -0.136. The summed E-state index contributed by atoms with van der Waals surface area (Å²) < 4.78 is 24.9. The van der Waals surface area contributed by atoms with E-state index in [0.29, 0.717) is 30.3 Å². The normalized spacial score (nSPS) is 23.2. The monoisotopic (exact) mass is 436 g/mol. The zero-order valence-electron chi connectivity index (χ0n) is 17.6. The predicted octanol–water partition coefficient (Wildman–Crippen LogP) is 2.14. The maximum absolute atomic E-state index is 12.6. The molecule has 0 aromatic heterocycles. The number of sulfonamides is 1. The van der Waals surface area contributed by atoms with Crippen LogP contribution in [0.25, 0.3) is 0 Å². The SMILES string of the molecule is CN(C(=O)[C@@H](N)C1CCC(C(=O)Nc2ccc(NS(C)(=O)=O)cc2)CC1)C1CCC1. The lowest BCUT2D eigenvalue weighted by atomic mass is 9.77. The Kier molecular flexibility index (Phi) is 7.02. The van der Waals surface area contributed by atoms with Gasteiger partial charge in [-0.3, -0.25) is 14.3 Å². The van der Waals surface area contributed by atoms with Gasteiger partial charge in [0.1, 0.15) is 0 Å². The molecular formula is C21H32N4O4S. The van der Waals surface area contributed by atoms with Crippen molar-refractivity contribution in [3.05, 3.63) is 24.3 Å². The molecule has 3 rings (SSSR count). The maximum atomic E-state index is 12.6. The summed E-state index contributed by atoms with van der Waals surface area (Å²) in [5.41, 5.74) is 7.34. The van der Waals surface area contributed by atoms with Crippen LogP contribution < -0.4 is 15.8 Å². The summed E-state index contributed by atoms with van der Waals surface area (Å²) in [4.78, 5) is 27.0. The Balaban J connectivity index is 1.47. The molecule has 2 aliphatic carbocycles. The number of nitrogens with zero attached hydrogens (tertiary/aromatic N) is 1. The van der Waals surface area contributed by atoms with Crippen molar-refractivity contribution in [2.45, 2.75) is 57.0 Å². The number of amides is 2. The summed E-state index contributed by atoms with van der Waals surface area (Å²) in [7, 11) is -1.48. The van der Waals surface area contributed by atoms with Gasteiger partial charge in [0.05, 0.1) is 12.3 Å². The van der Waals surface area contributed by atoms with Crippen molar-refractivity contribution in [2.24, 2.45) is 17.6 Å². The minimum atomic E-state index is -3.33. The zero-order valence-corrected chi connectivity index (χ0v) is 18.5. The maximum Gasteiger partial charge on any atom is 0.239 e. The summed E-state index contributed by atoms with van der Waals surface area (Å²) in [6.45, 7) is 0. The van der Waals surface area contributed by atoms with Crippen molar-refractivity contribution in [1.82, 2.24) is 4.90 Å². The first-order valence-corrected chi connectivity index (χ1v) is 12.4. The topological polar surface area (TPSA) is 122 Å². The molecule has 1 aromatic rings. The molecule has 9 heteroatoms. The van der Waals surface area contributed by atoms with Crippen LogP contribution in [0.5, 0.6) is 0 Å². The van der Waals surface area contributed by atoms with Crippen LogP contribution in [0, 0.1) is 11.8 Å². The van der Waals surface area contributed by atoms with E-state index in [-0.39, 0.29) is 23.7 Å². The number of hydrogen-bond acceptors (Lipinski definition) is 5. The van der Waals surface area contributed by atoms with Gasteiger partial charge in [0.25, 0.3) is 0 Å². The molecule has 2 aliphatic rings. The third kappa shape index (κ3) is 5.72. The van der Waals surface area contributed by atoms with E-state index in [0.717, 1.165) is 31.9 Å². The minimum Gasteiger partial charge on any atom is -0.341 e. The van der Waals surface area contributed by atoms with E-state index in [4.69, 9.17) is 5.73 Å². The van der Waals surface area contributed by atoms with Gasteiger partial charge >= 0.3 is 0 Å². The van der Waals surface area contributed by atoms with Gasteiger partial charge < -0.3 is 16.0 Å². The molecule has 30 heavy (non-hydrogen) atoms. The largest absolute Gasteiger partial charge is 0.341 e. The van der Waals surface area contributed by atoms with Crippen LogP contribution in [0.15, 0.2) is 24.3 Å². The van der Waals surface area contributed by atoms with Crippen molar-refractivity contribution in [2.75, 3.05) is 23.3 Å². The van der Waals surface area contributed by atoms with Crippen LogP contribution in [0.2, 0.25) is 0 Å². The van der Waals surface area contributed by atoms with Crippen molar-refractivity contribution < 1.29 is 18.0 Å². The highest BCUT2D eigenvalue weighted by atomic mass is 32.2. The van der Waals surface area contributed by atoms with Gasteiger partial charge in [-0.2, -0.15) is 0 Å². The molecule has 1 atom stereocenters. The quantitative estimate of drug-likeness (QED) is 0.605. The zero-order chi connectivity index (χ0) is 21.9. The number of carbonyl (C=O) groups is 2. The van der Waals surface area contributed by atoms with Gasteiger partial charge in [-0.15, -0.1) is 0 Å². The summed E-state index contributed by atoms with van der Waals surface area (Å²) in [5, 5.41) is 2.89. The number of rotatable bonds is 7. The van der Waals surface area contributed by atoms with Crippen LogP contribution >= 0.6 is 0 Å². The third-order valence-electron chi connectivity index (χ3n) is 6.36. The van der Waals surface area contributed by atoms with Crippen molar-refractivity contribution in [3.8, 4) is 0 Å². The number of nitrogens with one attached hydrogen (secondary N) is 2. The number of anilines is 2. The van der Waals surface area contributed by atoms with Crippen LogP contribution in [-0.4, -0.2) is 50.5 Å². The van der Waals surface area contributed by atoms with Gasteiger partial charge in [0, 0.05) is 30.4 Å². The van der Waals surface area contributed by atoms with E-state index in [9.17, 15) is 18.0 Å². The van der Waals surface area contributed by atoms with Crippen molar-refractivity contribution >= 4 is 33.2 Å². The number of nitrogens with two attached hydrogens (primary N) is 1. The standard InChI is InChI=1S/C21H32N4O4S/c1-25(18-4-3-5-18)21(27)19(22)14-6-8-15(9-7-14)20(26)23-16-10-12-17(13-11-16)24-30(2,28)29/h10-15,18-19,24H,3-9,22H2,1-2H3,(H,23,26)/t14?,15?,19-/m0/s1. The Morgan fingerprint density at radius 1 is 1.03 bits per heavy atom. The minimum absolute atomic E-state index is 0.0235. The molecule has 0 spiro atoms. The Labute approximate surface area is 178 Å². The van der Waals surface area contributed by atoms with Crippen molar-refractivity contribution in [1.29, 1.82) is 0 Å². The highest BCUT2D eigenvalue weighted by Gasteiger charge is 2.35. The van der Waals surface area contributed by atoms with Gasteiger partial charge in [-0.05, 0) is 75.1 Å². The Morgan fingerprint density at radius 2 is 1.60 bits per heavy atom. The van der Waals surface area contributed by atoms with Crippen molar-refractivity contribution in [3.63, 3.8) is 0 Å². The fourth-order valence-electron chi connectivity index (χ4n) is 4.21. The van der Waals surface area contributed by atoms with Gasteiger partial charge in [-0.25, -0.2) is 8.42 Å². The first-order chi connectivity index (χ1) is 14.1. The highest BCUT2D eigenvalue weighted by molar-refractivity contribution is 7.92. The van der Waals surface area contributed by atoms with Crippen LogP contribution in [0.1, 0.15) is 44.9 Å². The molecule has 8 nitrogen and oxygen atoms in total. The van der Waals surface area contributed by atoms with Gasteiger partial charge in [-0.1, -0.05) is 0 Å². The third-order valence-corrected chi connectivity index (χ3v) is 6.97. The first kappa shape index (κ1) is 22.6. The molecule has 4 N–H and O–H groups in total. The second kappa shape index (κ2) is 9.34. The van der Waals surface area contributed by atoms with E-state index in [1.165, 1.54) is 6.42 Å². The first-order valence-electron chi connectivity index (χ1n) is 10.5. The van der Waals surface area contributed by atoms with Gasteiger partial charge in [0.2, 0.25) is 21.8 Å². The van der Waals surface area contributed by atoms with Gasteiger partial charge in [0.15, 0.2) is 0 Å². The molecule has 0 saturated heterocycles. The van der Waals surface area contributed by atoms with E-state index < -0.39 is 16.1 Å². The number of carbonyl (C=O) groups excluding carboxylic acids is 2. The molecule has 166 valence electrons. The Morgan fingerprint density at radius 3 is 2.10 bits per heavy atom. The lowest BCUT2D eigenvalue weighted by Crippen LogP contribution is -2.52. The van der Waals surface area contributed by atoms with Crippen LogP contribution in [-0.2, 0) is 19.6 Å². The Bertz CT molecular complexity index is 859. The van der Waals surface area contributed by atoms with E-state index >= 15 is 0 Å². The molecule has 0 heterocycles. The number of hydrogen-bond donors (Lipinski definition) is 3. The fourth-order valence-corrected chi connectivity index (χ4v) is 4.78. The molecule has 0 aliphatic heterocycles. The number of likely N-dealkylation sites (N-methyl/N-ethyl adjacent to an activating group) is 1. The van der Waals surface area contributed by atoms with Crippen LogP contribution in [0.3, 0.4) is 0 Å². The summed E-state index contributed by atoms with van der Waals surface area (Å²) in [6, 6.07) is 6.40. The predicted molar refractivity (Wildman–Crippen MR) is 117 cm³/mol. The molecule has 2 amide bonds. The molecule has 2 fully saturated rings. The highest BCUT2D eigenvalue weighted by Crippen LogP contribution is 2.33. The molecule has 2 saturated carbocycles. The second-order valence-corrected chi connectivity index (χ2v) is 10.4. The number of benzene rings is 1. The summed E-state index contributed by atoms with van der Waals surface area (Å²) in [5.74, 6) is -0.0219. The molecule has 0 radical (unpaired) electrons. The Hall–Kier alpha value is -2.13. The van der Waals surface area contributed by atoms with E-state index in [1.807, 2.05) is 11.9 Å². The fraction of sp³-hybridized carbons (Fsp3) is 0.619. The lowest BCUT2D eigenvalue weighted by Gasteiger charge is -2.38.